The molecular weight excluding hydrogens is 214 g/mol. The Hall–Kier alpha value is -1.38. The number of hydrogen-bond donors (Lipinski definition) is 1. The van der Waals surface area contributed by atoms with E-state index in [1.165, 1.54) is 11.3 Å². The van der Waals surface area contributed by atoms with Gasteiger partial charge in [-0.15, -0.1) is 11.3 Å². The van der Waals surface area contributed by atoms with E-state index in [4.69, 9.17) is 9.84 Å². The van der Waals surface area contributed by atoms with Crippen LogP contribution < -0.4 is 0 Å². The lowest BCUT2D eigenvalue weighted by molar-refractivity contribution is 0.0520. The van der Waals surface area contributed by atoms with Crippen LogP contribution in [0.5, 0.6) is 0 Å². The van der Waals surface area contributed by atoms with Crippen LogP contribution in [0.25, 0.3) is 0 Å². The van der Waals surface area contributed by atoms with E-state index in [2.05, 4.69) is 16.8 Å². The summed E-state index contributed by atoms with van der Waals surface area (Å²) in [5.74, 6) is 5.06. The van der Waals surface area contributed by atoms with Gasteiger partial charge in [-0.3, -0.25) is 0 Å². The first-order valence-electron chi connectivity index (χ1n) is 4.50. The Balaban J connectivity index is 2.65. The number of ether oxygens (including phenoxy) is 1. The minimum Gasteiger partial charge on any atom is -0.461 e. The van der Waals surface area contributed by atoms with Crippen molar-refractivity contribution in [2.45, 2.75) is 13.3 Å². The number of rotatable bonds is 3. The fraction of sp³-hybridized carbons (Fsp3) is 0.400. The summed E-state index contributed by atoms with van der Waals surface area (Å²) >= 11 is 1.29. The van der Waals surface area contributed by atoms with Crippen molar-refractivity contribution in [3.05, 3.63) is 16.1 Å². The van der Waals surface area contributed by atoms with Gasteiger partial charge in [-0.1, -0.05) is 5.92 Å². The van der Waals surface area contributed by atoms with Crippen molar-refractivity contribution >= 4 is 17.3 Å². The average Bonchev–Trinajstić information content (AvgIpc) is 2.67. The molecule has 80 valence electrons. The van der Waals surface area contributed by atoms with Gasteiger partial charge in [0.15, 0.2) is 10.7 Å². The molecule has 0 spiro atoms. The van der Waals surface area contributed by atoms with Crippen molar-refractivity contribution < 1.29 is 14.6 Å². The maximum Gasteiger partial charge on any atom is 0.357 e. The minimum atomic E-state index is -0.427. The third kappa shape index (κ3) is 3.70. The number of nitrogens with zero attached hydrogens (tertiary/aromatic N) is 1. The molecular formula is C10H11NO3S. The largest absolute Gasteiger partial charge is 0.461 e. The Morgan fingerprint density at radius 1 is 1.73 bits per heavy atom. The molecule has 0 saturated heterocycles. The number of carbonyl (C=O) groups excluding carboxylic acids is 1. The number of hydrogen-bond acceptors (Lipinski definition) is 5. The Morgan fingerprint density at radius 3 is 3.20 bits per heavy atom. The summed E-state index contributed by atoms with van der Waals surface area (Å²) < 4.78 is 4.78. The lowest BCUT2D eigenvalue weighted by Gasteiger charge is -1.95. The number of esters is 1. The molecule has 0 atom stereocenters. The fourth-order valence-corrected chi connectivity index (χ4v) is 1.48. The first kappa shape index (κ1) is 11.7. The molecule has 4 nitrogen and oxygen atoms in total. The standard InChI is InChI=1S/C10H11NO3S/c1-2-14-10(13)8-7-15-9(11-8)5-3-4-6-12/h7,12H,2,4,6H2,1H3. The molecule has 1 N–H and O–H groups in total. The molecule has 0 bridgehead atoms. The summed E-state index contributed by atoms with van der Waals surface area (Å²) in [5.41, 5.74) is 0.287. The zero-order chi connectivity index (χ0) is 11.1. The highest BCUT2D eigenvalue weighted by molar-refractivity contribution is 7.10. The van der Waals surface area contributed by atoms with Crippen molar-refractivity contribution in [2.75, 3.05) is 13.2 Å². The molecule has 1 rings (SSSR count). The van der Waals surface area contributed by atoms with Crippen molar-refractivity contribution in [3.8, 4) is 11.8 Å². The Kier molecular flexibility index (Phi) is 4.81. The first-order valence-corrected chi connectivity index (χ1v) is 5.38. The van der Waals surface area contributed by atoms with Crippen molar-refractivity contribution in [3.63, 3.8) is 0 Å². The van der Waals surface area contributed by atoms with Gasteiger partial charge in [-0.2, -0.15) is 0 Å². The van der Waals surface area contributed by atoms with Gasteiger partial charge >= 0.3 is 5.97 Å². The Morgan fingerprint density at radius 2 is 2.53 bits per heavy atom. The summed E-state index contributed by atoms with van der Waals surface area (Å²) in [7, 11) is 0. The Bertz CT molecular complexity index is 389. The number of thiazole rings is 1. The maximum atomic E-state index is 11.2. The van der Waals surface area contributed by atoms with Crippen LogP contribution >= 0.6 is 11.3 Å². The van der Waals surface area contributed by atoms with Gasteiger partial charge in [-0.05, 0) is 12.8 Å². The lowest BCUT2D eigenvalue weighted by atomic mass is 10.4. The molecule has 0 radical (unpaired) electrons. The smallest absolute Gasteiger partial charge is 0.357 e. The predicted octanol–water partition coefficient (Wildman–Crippen LogP) is 1.05. The van der Waals surface area contributed by atoms with Crippen LogP contribution in [0.2, 0.25) is 0 Å². The average molecular weight is 225 g/mol. The first-order chi connectivity index (χ1) is 7.27. The lowest BCUT2D eigenvalue weighted by Crippen LogP contribution is -2.04. The van der Waals surface area contributed by atoms with Gasteiger partial charge in [0.25, 0.3) is 0 Å². The van der Waals surface area contributed by atoms with Gasteiger partial charge in [-0.25, -0.2) is 9.78 Å². The molecule has 0 aliphatic carbocycles. The molecule has 1 aromatic heterocycles. The zero-order valence-electron chi connectivity index (χ0n) is 8.32. The van der Waals surface area contributed by atoms with Crippen LogP contribution in [0.15, 0.2) is 5.38 Å². The molecule has 0 fully saturated rings. The van der Waals surface area contributed by atoms with Crippen molar-refractivity contribution in [1.29, 1.82) is 0 Å². The van der Waals surface area contributed by atoms with Gasteiger partial charge < -0.3 is 9.84 Å². The van der Waals surface area contributed by atoms with E-state index < -0.39 is 5.97 Å². The van der Waals surface area contributed by atoms with E-state index in [1.54, 1.807) is 12.3 Å². The van der Waals surface area contributed by atoms with Crippen LogP contribution in [0.1, 0.15) is 28.8 Å². The summed E-state index contributed by atoms with van der Waals surface area (Å²) in [6.45, 7) is 2.11. The molecule has 1 heterocycles. The minimum absolute atomic E-state index is 0.0309. The van der Waals surface area contributed by atoms with Crippen molar-refractivity contribution in [1.82, 2.24) is 4.98 Å². The second kappa shape index (κ2) is 6.17. The topological polar surface area (TPSA) is 59.4 Å². The molecule has 0 aliphatic heterocycles. The Labute approximate surface area is 91.9 Å². The van der Waals surface area contributed by atoms with E-state index in [-0.39, 0.29) is 12.3 Å². The molecule has 0 unspecified atom stereocenters. The molecule has 0 aliphatic rings. The van der Waals surface area contributed by atoms with Crippen LogP contribution in [-0.2, 0) is 4.74 Å². The second-order valence-corrected chi connectivity index (χ2v) is 3.39. The molecule has 5 heteroatoms. The number of aromatic nitrogens is 1. The third-order valence-corrected chi connectivity index (χ3v) is 2.18. The summed E-state index contributed by atoms with van der Waals surface area (Å²) in [6.07, 6.45) is 0.411. The SMILES string of the molecule is CCOC(=O)c1csc(C#CCCO)n1. The summed E-state index contributed by atoms with van der Waals surface area (Å²) in [5, 5.41) is 10.7. The normalized spacial score (nSPS) is 9.20. The molecule has 15 heavy (non-hydrogen) atoms. The molecule has 0 saturated carbocycles. The number of aliphatic hydroxyl groups excluding tert-OH is 1. The van der Waals surface area contributed by atoms with E-state index in [9.17, 15) is 4.79 Å². The highest BCUT2D eigenvalue weighted by Crippen LogP contribution is 2.09. The number of aliphatic hydroxyl groups is 1. The van der Waals surface area contributed by atoms with Gasteiger partial charge in [0.2, 0.25) is 0 Å². The fourth-order valence-electron chi connectivity index (χ4n) is 0.824. The van der Waals surface area contributed by atoms with Crippen LogP contribution in [0.4, 0.5) is 0 Å². The van der Waals surface area contributed by atoms with Crippen LogP contribution in [0, 0.1) is 11.8 Å². The molecule has 0 aromatic carbocycles. The van der Waals surface area contributed by atoms with Gasteiger partial charge in [0.05, 0.1) is 13.2 Å². The third-order valence-electron chi connectivity index (χ3n) is 1.42. The predicted molar refractivity (Wildman–Crippen MR) is 56.7 cm³/mol. The van der Waals surface area contributed by atoms with Gasteiger partial charge in [0.1, 0.15) is 0 Å². The zero-order valence-corrected chi connectivity index (χ0v) is 9.13. The maximum absolute atomic E-state index is 11.2. The molecule has 0 amide bonds. The van der Waals surface area contributed by atoms with Crippen LogP contribution in [-0.4, -0.2) is 29.3 Å². The summed E-state index contributed by atoms with van der Waals surface area (Å²) in [6, 6.07) is 0. The molecule has 1 aromatic rings. The number of carbonyl (C=O) groups is 1. The van der Waals surface area contributed by atoms with Crippen LogP contribution in [0.3, 0.4) is 0 Å². The van der Waals surface area contributed by atoms with E-state index in [0.29, 0.717) is 18.0 Å². The van der Waals surface area contributed by atoms with Gasteiger partial charge in [0, 0.05) is 11.8 Å². The second-order valence-electron chi connectivity index (χ2n) is 2.53. The summed E-state index contributed by atoms with van der Waals surface area (Å²) in [4.78, 5) is 15.2. The van der Waals surface area contributed by atoms with E-state index in [0.717, 1.165) is 0 Å². The quantitative estimate of drug-likeness (QED) is 0.617. The van der Waals surface area contributed by atoms with Crippen molar-refractivity contribution in [2.24, 2.45) is 0 Å². The van der Waals surface area contributed by atoms with E-state index >= 15 is 0 Å². The highest BCUT2D eigenvalue weighted by Gasteiger charge is 2.09. The van der Waals surface area contributed by atoms with E-state index in [1.807, 2.05) is 0 Å². The highest BCUT2D eigenvalue weighted by atomic mass is 32.1. The monoisotopic (exact) mass is 225 g/mol.